The molecule has 0 aliphatic heterocycles. The Hall–Kier alpha value is -3.21. The molecule has 0 aliphatic carbocycles. The highest BCUT2D eigenvalue weighted by Gasteiger charge is 2.18. The monoisotopic (exact) mass is 393 g/mol. The van der Waals surface area contributed by atoms with Crippen LogP contribution in [0.1, 0.15) is 48.8 Å². The van der Waals surface area contributed by atoms with Gasteiger partial charge in [-0.25, -0.2) is 9.18 Å². The number of carbonyl (C=O) groups excluding carboxylic acids is 2. The summed E-state index contributed by atoms with van der Waals surface area (Å²) in [5.41, 5.74) is 5.54. The molecule has 29 heavy (non-hydrogen) atoms. The number of Topliss-reactive ketones (excluding diaryl/α,β-unsaturated/α-hetero) is 1. The van der Waals surface area contributed by atoms with Gasteiger partial charge in [-0.1, -0.05) is 29.3 Å². The molecule has 3 aromatic rings. The molecule has 150 valence electrons. The quantitative estimate of drug-likeness (QED) is 0.440. The summed E-state index contributed by atoms with van der Waals surface area (Å²) in [6.45, 7) is 7.81. The van der Waals surface area contributed by atoms with E-state index in [4.69, 9.17) is 4.74 Å². The van der Waals surface area contributed by atoms with Crippen LogP contribution < -0.4 is 0 Å². The smallest absolute Gasteiger partial charge is 0.338 e. The van der Waals surface area contributed by atoms with E-state index in [0.29, 0.717) is 17.7 Å². The largest absolute Gasteiger partial charge is 0.454 e. The second-order valence-corrected chi connectivity index (χ2v) is 7.37. The third-order valence-corrected chi connectivity index (χ3v) is 4.92. The summed E-state index contributed by atoms with van der Waals surface area (Å²) in [4.78, 5) is 25.0. The first-order valence-electron chi connectivity index (χ1n) is 9.44. The summed E-state index contributed by atoms with van der Waals surface area (Å²) in [6, 6.07) is 13.5. The zero-order chi connectivity index (χ0) is 21.1. The highest BCUT2D eigenvalue weighted by atomic mass is 19.1. The van der Waals surface area contributed by atoms with E-state index < -0.39 is 5.97 Å². The Morgan fingerprint density at radius 3 is 2.17 bits per heavy atom. The third-order valence-electron chi connectivity index (χ3n) is 4.92. The van der Waals surface area contributed by atoms with E-state index in [1.807, 2.05) is 38.3 Å². The Kier molecular flexibility index (Phi) is 5.97. The fourth-order valence-corrected chi connectivity index (χ4v) is 3.48. The highest BCUT2D eigenvalue weighted by Crippen LogP contribution is 2.19. The van der Waals surface area contributed by atoms with Crippen molar-refractivity contribution in [3.63, 3.8) is 0 Å². The molecule has 1 heterocycles. The normalized spacial score (nSPS) is 10.8. The van der Waals surface area contributed by atoms with Gasteiger partial charge in [0, 0.05) is 23.5 Å². The Morgan fingerprint density at radius 1 is 0.931 bits per heavy atom. The van der Waals surface area contributed by atoms with Gasteiger partial charge in [-0.15, -0.1) is 0 Å². The molecule has 2 aromatic carbocycles. The maximum absolute atomic E-state index is 13.1. The number of aromatic nitrogens is 1. The molecular weight excluding hydrogens is 369 g/mol. The first kappa shape index (κ1) is 20.5. The van der Waals surface area contributed by atoms with Crippen LogP contribution in [-0.2, 0) is 11.3 Å². The van der Waals surface area contributed by atoms with E-state index in [-0.39, 0.29) is 18.2 Å². The molecule has 5 heteroatoms. The zero-order valence-corrected chi connectivity index (χ0v) is 17.1. The van der Waals surface area contributed by atoms with Crippen molar-refractivity contribution in [2.45, 2.75) is 34.2 Å². The van der Waals surface area contributed by atoms with Crippen LogP contribution in [0.15, 0.2) is 48.5 Å². The summed E-state index contributed by atoms with van der Waals surface area (Å²) in [6.07, 6.45) is 0. The molecule has 0 N–H and O–H groups in total. The van der Waals surface area contributed by atoms with E-state index in [0.717, 1.165) is 28.1 Å². The number of rotatable bonds is 6. The van der Waals surface area contributed by atoms with Gasteiger partial charge in [0.2, 0.25) is 5.78 Å². The number of ether oxygens (including phenoxy) is 1. The molecule has 0 amide bonds. The van der Waals surface area contributed by atoms with Crippen LogP contribution in [0.2, 0.25) is 0 Å². The Bertz CT molecular complexity index is 1040. The lowest BCUT2D eigenvalue weighted by atomic mass is 10.1. The van der Waals surface area contributed by atoms with E-state index in [9.17, 15) is 14.0 Å². The van der Waals surface area contributed by atoms with Crippen molar-refractivity contribution < 1.29 is 18.7 Å². The van der Waals surface area contributed by atoms with Gasteiger partial charge in [0.15, 0.2) is 6.61 Å². The number of aryl methyl sites for hydroxylation is 3. The SMILES string of the molecule is Cc1cc(C)cc(C(=O)OCC(=O)c2cc(C)n(Cc3ccc(F)cc3)c2C)c1. The second kappa shape index (κ2) is 8.43. The van der Waals surface area contributed by atoms with E-state index in [2.05, 4.69) is 0 Å². The molecule has 0 saturated carbocycles. The molecule has 0 radical (unpaired) electrons. The van der Waals surface area contributed by atoms with Crippen LogP contribution in [0.3, 0.4) is 0 Å². The van der Waals surface area contributed by atoms with Crippen molar-refractivity contribution in [3.8, 4) is 0 Å². The minimum atomic E-state index is -0.509. The lowest BCUT2D eigenvalue weighted by Gasteiger charge is -2.10. The molecule has 0 fully saturated rings. The summed E-state index contributed by atoms with van der Waals surface area (Å²) < 4.78 is 20.4. The molecule has 0 atom stereocenters. The molecular formula is C24H24FNO3. The fraction of sp³-hybridized carbons (Fsp3) is 0.250. The van der Waals surface area contributed by atoms with Crippen molar-refractivity contribution >= 4 is 11.8 Å². The van der Waals surface area contributed by atoms with Gasteiger partial charge >= 0.3 is 5.97 Å². The van der Waals surface area contributed by atoms with Gasteiger partial charge in [-0.3, -0.25) is 4.79 Å². The van der Waals surface area contributed by atoms with Crippen LogP contribution in [0.25, 0.3) is 0 Å². The Balaban J connectivity index is 1.71. The summed E-state index contributed by atoms with van der Waals surface area (Å²) in [5, 5.41) is 0. The maximum atomic E-state index is 13.1. The summed E-state index contributed by atoms with van der Waals surface area (Å²) in [7, 11) is 0. The average Bonchev–Trinajstić information content (AvgIpc) is 2.95. The van der Waals surface area contributed by atoms with E-state index >= 15 is 0 Å². The molecule has 0 aliphatic rings. The van der Waals surface area contributed by atoms with E-state index in [1.165, 1.54) is 12.1 Å². The molecule has 4 nitrogen and oxygen atoms in total. The first-order chi connectivity index (χ1) is 13.7. The molecule has 3 rings (SSSR count). The lowest BCUT2D eigenvalue weighted by molar-refractivity contribution is 0.0474. The average molecular weight is 393 g/mol. The second-order valence-electron chi connectivity index (χ2n) is 7.37. The number of nitrogens with zero attached hydrogens (tertiary/aromatic N) is 1. The van der Waals surface area contributed by atoms with Crippen molar-refractivity contribution in [3.05, 3.63) is 93.6 Å². The standard InChI is InChI=1S/C24H24FNO3/c1-15-9-16(2)11-20(10-15)24(28)29-14-23(27)22-12-17(3)26(18(22)4)13-19-5-7-21(25)8-6-19/h5-12H,13-14H2,1-4H3. The van der Waals surface area contributed by atoms with Gasteiger partial charge in [-0.05, 0) is 63.6 Å². The van der Waals surface area contributed by atoms with Gasteiger partial charge in [0.1, 0.15) is 5.82 Å². The highest BCUT2D eigenvalue weighted by molar-refractivity contribution is 6.00. The van der Waals surface area contributed by atoms with Gasteiger partial charge in [0.05, 0.1) is 5.56 Å². The van der Waals surface area contributed by atoms with Crippen molar-refractivity contribution in [2.75, 3.05) is 6.61 Å². The predicted molar refractivity (Wildman–Crippen MR) is 110 cm³/mol. The maximum Gasteiger partial charge on any atom is 0.338 e. The minimum absolute atomic E-state index is 0.249. The predicted octanol–water partition coefficient (Wildman–Crippen LogP) is 4.95. The number of benzene rings is 2. The van der Waals surface area contributed by atoms with Crippen LogP contribution in [-0.4, -0.2) is 22.9 Å². The fourth-order valence-electron chi connectivity index (χ4n) is 3.48. The Labute approximate surface area is 169 Å². The zero-order valence-electron chi connectivity index (χ0n) is 17.1. The number of esters is 1. The van der Waals surface area contributed by atoms with Crippen molar-refractivity contribution in [1.82, 2.24) is 4.57 Å². The van der Waals surface area contributed by atoms with Crippen molar-refractivity contribution in [2.24, 2.45) is 0 Å². The molecule has 0 saturated heterocycles. The minimum Gasteiger partial charge on any atom is -0.454 e. The Morgan fingerprint density at radius 2 is 1.55 bits per heavy atom. The summed E-state index contributed by atoms with van der Waals surface area (Å²) in [5.74, 6) is -1.04. The van der Waals surface area contributed by atoms with Crippen LogP contribution in [0.5, 0.6) is 0 Å². The third kappa shape index (κ3) is 4.80. The number of ketones is 1. The molecule has 0 unspecified atom stereocenters. The van der Waals surface area contributed by atoms with Crippen molar-refractivity contribution in [1.29, 1.82) is 0 Å². The summed E-state index contributed by atoms with van der Waals surface area (Å²) >= 11 is 0. The van der Waals surface area contributed by atoms with Gasteiger partial charge < -0.3 is 9.30 Å². The molecule has 0 bridgehead atoms. The lowest BCUT2D eigenvalue weighted by Crippen LogP contribution is -2.15. The number of hydrogen-bond acceptors (Lipinski definition) is 3. The number of hydrogen-bond donors (Lipinski definition) is 0. The number of carbonyl (C=O) groups is 2. The van der Waals surface area contributed by atoms with Gasteiger partial charge in [0.25, 0.3) is 0 Å². The van der Waals surface area contributed by atoms with E-state index in [1.54, 1.807) is 30.3 Å². The molecule has 1 aromatic heterocycles. The molecule has 0 spiro atoms. The topological polar surface area (TPSA) is 48.3 Å². The van der Waals surface area contributed by atoms with Gasteiger partial charge in [-0.2, -0.15) is 0 Å². The van der Waals surface area contributed by atoms with Crippen LogP contribution in [0, 0.1) is 33.5 Å². The first-order valence-corrected chi connectivity index (χ1v) is 9.44. The van der Waals surface area contributed by atoms with Crippen LogP contribution >= 0.6 is 0 Å². The number of halogens is 1. The van der Waals surface area contributed by atoms with Crippen LogP contribution in [0.4, 0.5) is 4.39 Å².